The molecule has 0 radical (unpaired) electrons. The van der Waals surface area contributed by atoms with Gasteiger partial charge in [-0.25, -0.2) is 4.79 Å². The zero-order valence-electron chi connectivity index (χ0n) is 14.0. The van der Waals surface area contributed by atoms with E-state index in [-0.39, 0.29) is 29.4 Å². The normalized spacial score (nSPS) is 9.87. The van der Waals surface area contributed by atoms with Gasteiger partial charge in [-0.05, 0) is 20.8 Å². The van der Waals surface area contributed by atoms with Crippen molar-refractivity contribution in [1.29, 1.82) is 0 Å². The molecule has 0 bridgehead atoms. The molecule has 23 heavy (non-hydrogen) atoms. The van der Waals surface area contributed by atoms with Gasteiger partial charge in [-0.2, -0.15) is 0 Å². The molecule has 0 aliphatic carbocycles. The molecule has 5 nitrogen and oxygen atoms in total. The molecule has 1 unspecified atom stereocenters. The van der Waals surface area contributed by atoms with Crippen molar-refractivity contribution in [2.24, 2.45) is 11.5 Å². The highest BCUT2D eigenvalue weighted by Crippen LogP contribution is 2.05. The predicted molar refractivity (Wildman–Crippen MR) is 117 cm³/mol. The molecule has 0 rings (SSSR count). The molecule has 0 aliphatic heterocycles. The van der Waals surface area contributed by atoms with E-state index in [4.69, 9.17) is 16.2 Å². The summed E-state index contributed by atoms with van der Waals surface area (Å²) in [5.74, 6) is 0. The number of alkyl carbamates (subject to hydrolysis) is 1. The molecule has 0 aliphatic rings. The van der Waals surface area contributed by atoms with E-state index in [0.717, 1.165) is 5.33 Å². The van der Waals surface area contributed by atoms with E-state index >= 15 is 0 Å². The first kappa shape index (κ1) is 34.7. The largest absolute Gasteiger partial charge is 0.444 e. The highest BCUT2D eigenvalue weighted by atomic mass is 79.9. The van der Waals surface area contributed by atoms with Crippen LogP contribution in [0, 0.1) is 0 Å². The fourth-order valence-corrected chi connectivity index (χ4v) is 0.797. The molecule has 9 heteroatoms. The molecule has 0 saturated heterocycles. The molecule has 1 amide bonds. The fourth-order valence-electron chi connectivity index (χ4n) is 0.533. The van der Waals surface area contributed by atoms with E-state index in [1.54, 1.807) is 12.2 Å². The molecule has 1 atom stereocenters. The van der Waals surface area contributed by atoms with Gasteiger partial charge in [-0.1, -0.05) is 44.0 Å². The Bertz CT molecular complexity index is 274. The average Bonchev–Trinajstić information content (AvgIpc) is 2.43. The van der Waals surface area contributed by atoms with Crippen LogP contribution in [0.4, 0.5) is 4.79 Å². The Balaban J connectivity index is -0.0000000771. The minimum Gasteiger partial charge on any atom is -0.444 e. The lowest BCUT2D eigenvalue weighted by Gasteiger charge is -2.19. The van der Waals surface area contributed by atoms with Gasteiger partial charge in [0.05, 0.1) is 0 Å². The third-order valence-corrected chi connectivity index (χ3v) is 3.73. The maximum Gasteiger partial charge on any atom is 0.407 e. The number of rotatable bonds is 5. The van der Waals surface area contributed by atoms with E-state index in [2.05, 4.69) is 50.3 Å². The summed E-state index contributed by atoms with van der Waals surface area (Å²) in [5, 5.41) is 3.44. The Kier molecular flexibility index (Phi) is 37.2. The molecule has 0 spiro atoms. The van der Waals surface area contributed by atoms with Crippen molar-refractivity contribution >= 4 is 67.3 Å². The van der Waals surface area contributed by atoms with Crippen LogP contribution in [0.25, 0.3) is 0 Å². The number of hydrogen-bond acceptors (Lipinski definition) is 4. The van der Waals surface area contributed by atoms with Crippen molar-refractivity contribution in [1.82, 2.24) is 5.32 Å². The number of ether oxygens (including phenoxy) is 1. The Hall–Kier alpha value is 0.400. The number of hydrogen-bond donors (Lipinski definition) is 3. The number of halogens is 4. The van der Waals surface area contributed by atoms with Gasteiger partial charge in [-0.15, -0.1) is 42.5 Å². The van der Waals surface area contributed by atoms with Gasteiger partial charge in [-0.3, -0.25) is 0 Å². The van der Waals surface area contributed by atoms with Gasteiger partial charge in [0.1, 0.15) is 5.60 Å². The number of carbonyl (C=O) groups is 1. The maximum atomic E-state index is 10.8. The van der Waals surface area contributed by atoms with E-state index in [1.165, 1.54) is 0 Å². The van der Waals surface area contributed by atoms with Crippen molar-refractivity contribution in [2.75, 3.05) is 25.0 Å². The van der Waals surface area contributed by atoms with Crippen LogP contribution < -0.4 is 16.8 Å². The number of amides is 1. The van der Waals surface area contributed by atoms with Gasteiger partial charge in [0, 0.05) is 29.8 Å². The minimum atomic E-state index is -0.425. The lowest BCUT2D eigenvalue weighted by Crippen LogP contribution is -2.32. The number of alkyl halides is 2. The number of nitrogens with two attached hydrogens (primary N) is 2. The number of nitrogens with one attached hydrogen (secondary N) is 1. The standard InChI is InChI=1S/C8H15NO2.C3H7Br2N.C3H7N.BrH.ClH/c1-5-6-9-7(10)11-8(2,3)4;4-1-3(5)2-6;1-2-3-4;;/h5H,1,6H2,2-4H3,(H,9,10);3H,1-2,6H2;2H,1,3-4H2;2*1H. The maximum absolute atomic E-state index is 10.8. The second kappa shape index (κ2) is 24.6. The summed E-state index contributed by atoms with van der Waals surface area (Å²) in [6.07, 6.45) is 2.85. The van der Waals surface area contributed by atoms with Crippen LogP contribution >= 0.6 is 61.2 Å². The molecule has 0 aromatic rings. The Morgan fingerprint density at radius 3 is 1.91 bits per heavy atom. The average molecular weight is 549 g/mol. The molecular formula is C14H31Br3ClN3O2. The topological polar surface area (TPSA) is 90.4 Å². The predicted octanol–water partition coefficient (Wildman–Crippen LogP) is 3.93. The highest BCUT2D eigenvalue weighted by Gasteiger charge is 2.14. The minimum absolute atomic E-state index is 0. The molecule has 5 N–H and O–H groups in total. The lowest BCUT2D eigenvalue weighted by atomic mass is 10.2. The van der Waals surface area contributed by atoms with E-state index in [9.17, 15) is 4.79 Å². The van der Waals surface area contributed by atoms with Gasteiger partial charge in [0.25, 0.3) is 0 Å². The monoisotopic (exact) mass is 545 g/mol. The smallest absolute Gasteiger partial charge is 0.407 e. The summed E-state index contributed by atoms with van der Waals surface area (Å²) >= 11 is 6.55. The summed E-state index contributed by atoms with van der Waals surface area (Å²) in [6, 6.07) is 0. The first-order chi connectivity index (χ1) is 9.68. The summed E-state index contributed by atoms with van der Waals surface area (Å²) in [5.41, 5.74) is 9.69. The summed E-state index contributed by atoms with van der Waals surface area (Å²) < 4.78 is 4.94. The summed E-state index contributed by atoms with van der Waals surface area (Å²) in [7, 11) is 0. The van der Waals surface area contributed by atoms with Gasteiger partial charge in [0.2, 0.25) is 0 Å². The van der Waals surface area contributed by atoms with Crippen LogP contribution in [0.2, 0.25) is 0 Å². The highest BCUT2D eigenvalue weighted by molar-refractivity contribution is 9.12. The molecule has 0 heterocycles. The van der Waals surface area contributed by atoms with Gasteiger partial charge < -0.3 is 21.5 Å². The van der Waals surface area contributed by atoms with Crippen LogP contribution in [0.15, 0.2) is 25.3 Å². The van der Waals surface area contributed by atoms with Gasteiger partial charge >= 0.3 is 6.09 Å². The van der Waals surface area contributed by atoms with Crippen LogP contribution in [0.5, 0.6) is 0 Å². The first-order valence-electron chi connectivity index (χ1n) is 6.47. The fraction of sp³-hybridized carbons (Fsp3) is 0.643. The lowest BCUT2D eigenvalue weighted by molar-refractivity contribution is 0.0534. The third kappa shape index (κ3) is 45.0. The Morgan fingerprint density at radius 2 is 1.74 bits per heavy atom. The van der Waals surface area contributed by atoms with E-state index in [1.807, 2.05) is 20.8 Å². The zero-order valence-corrected chi connectivity index (χ0v) is 19.7. The zero-order chi connectivity index (χ0) is 17.3. The molecule has 142 valence electrons. The molecule has 0 saturated carbocycles. The first-order valence-corrected chi connectivity index (χ1v) is 8.50. The molecule has 0 aromatic heterocycles. The van der Waals surface area contributed by atoms with Gasteiger partial charge in [0.15, 0.2) is 0 Å². The van der Waals surface area contributed by atoms with Crippen molar-refractivity contribution in [3.8, 4) is 0 Å². The second-order valence-electron chi connectivity index (χ2n) is 4.68. The van der Waals surface area contributed by atoms with E-state index < -0.39 is 11.7 Å². The Morgan fingerprint density at radius 1 is 1.30 bits per heavy atom. The summed E-state index contributed by atoms with van der Waals surface area (Å²) in [4.78, 5) is 11.3. The third-order valence-electron chi connectivity index (χ3n) is 1.38. The molecular weight excluding hydrogens is 517 g/mol. The second-order valence-corrected chi connectivity index (χ2v) is 6.63. The van der Waals surface area contributed by atoms with Crippen LogP contribution in [-0.4, -0.2) is 41.5 Å². The number of carbonyl (C=O) groups excluding carboxylic acids is 1. The van der Waals surface area contributed by atoms with Crippen molar-refractivity contribution in [3.63, 3.8) is 0 Å². The molecule has 0 aromatic carbocycles. The van der Waals surface area contributed by atoms with Crippen molar-refractivity contribution < 1.29 is 9.53 Å². The van der Waals surface area contributed by atoms with Crippen molar-refractivity contribution in [2.45, 2.75) is 31.2 Å². The quantitative estimate of drug-likeness (QED) is 0.359. The van der Waals surface area contributed by atoms with Crippen LogP contribution in [0.1, 0.15) is 20.8 Å². The SMILES string of the molecule is Br.C=CCN.C=CCNC(=O)OC(C)(C)C.Cl.NCC(Br)CBr. The van der Waals surface area contributed by atoms with Crippen LogP contribution in [0.3, 0.4) is 0 Å². The Labute approximate surface area is 174 Å². The summed E-state index contributed by atoms with van der Waals surface area (Å²) in [6.45, 7) is 14.0. The van der Waals surface area contributed by atoms with Crippen molar-refractivity contribution in [3.05, 3.63) is 25.3 Å². The van der Waals surface area contributed by atoms with E-state index in [0.29, 0.717) is 24.5 Å². The molecule has 0 fully saturated rings. The van der Waals surface area contributed by atoms with Crippen LogP contribution in [-0.2, 0) is 4.74 Å².